The molecule has 0 radical (unpaired) electrons. The van der Waals surface area contributed by atoms with E-state index in [2.05, 4.69) is 0 Å². The van der Waals surface area contributed by atoms with Crippen LogP contribution in [0.1, 0.15) is 22.3 Å². The number of anilines is 1. The molecule has 0 amide bonds. The quantitative estimate of drug-likeness (QED) is 0.462. The monoisotopic (exact) mass is 405 g/mol. The second kappa shape index (κ2) is 8.80. The lowest BCUT2D eigenvalue weighted by molar-refractivity contribution is 0.414. The fraction of sp³-hybridized carbons (Fsp3) is 0.0833. The predicted molar refractivity (Wildman–Crippen MR) is 121 cm³/mol. The Balaban J connectivity index is 1.77. The Bertz CT molecular complexity index is 1140. The molecule has 29 heavy (non-hydrogen) atoms. The van der Waals surface area contributed by atoms with Crippen LogP contribution in [0.15, 0.2) is 71.6 Å². The Kier molecular flexibility index (Phi) is 6.20. The first kappa shape index (κ1) is 20.4. The van der Waals surface area contributed by atoms with Crippen molar-refractivity contribution in [2.75, 3.05) is 19.1 Å². The van der Waals surface area contributed by atoms with E-state index < -0.39 is 9.84 Å². The lowest BCUT2D eigenvalue weighted by Gasteiger charge is -2.06. The summed E-state index contributed by atoms with van der Waals surface area (Å²) in [6.45, 7) is 0. The van der Waals surface area contributed by atoms with Crippen molar-refractivity contribution in [3.05, 3.63) is 89.0 Å². The highest BCUT2D eigenvalue weighted by atomic mass is 32.2. The van der Waals surface area contributed by atoms with Crippen LogP contribution in [0.25, 0.3) is 24.3 Å². The second-order valence-corrected chi connectivity index (χ2v) is 8.69. The van der Waals surface area contributed by atoms with Gasteiger partial charge in [-0.05, 0) is 47.0 Å². The summed E-state index contributed by atoms with van der Waals surface area (Å²) in [7, 11) is -1.54. The number of nitrogens with two attached hydrogens (primary N) is 1. The molecule has 148 valence electrons. The van der Waals surface area contributed by atoms with Gasteiger partial charge in [0.05, 0.1) is 12.0 Å². The SMILES string of the molecule is COc1cc(C=Cc2ccc(S(C)(=O)=O)cc2)ccc1C=Cc1ccc(N)cc1. The number of hydrogen-bond acceptors (Lipinski definition) is 4. The standard InChI is InChI=1S/C24H23NO3S/c1-28-24-17-20(4-3-18-9-15-23(16-10-18)29(2,26)27)6-12-21(24)11-5-19-7-13-22(25)14-8-19/h3-17H,25H2,1-2H3. The number of ether oxygens (including phenoxy) is 1. The van der Waals surface area contributed by atoms with Crippen LogP contribution in [0, 0.1) is 0 Å². The van der Waals surface area contributed by atoms with Crippen molar-refractivity contribution in [2.24, 2.45) is 0 Å². The van der Waals surface area contributed by atoms with E-state index in [1.165, 1.54) is 6.26 Å². The van der Waals surface area contributed by atoms with E-state index >= 15 is 0 Å². The molecular weight excluding hydrogens is 382 g/mol. The van der Waals surface area contributed by atoms with E-state index in [0.717, 1.165) is 33.7 Å². The molecule has 4 nitrogen and oxygen atoms in total. The third kappa shape index (κ3) is 5.59. The first-order chi connectivity index (χ1) is 13.8. The lowest BCUT2D eigenvalue weighted by Crippen LogP contribution is -1.95. The van der Waals surface area contributed by atoms with Crippen molar-refractivity contribution >= 4 is 39.8 Å². The Morgan fingerprint density at radius 2 is 1.28 bits per heavy atom. The van der Waals surface area contributed by atoms with Crippen molar-refractivity contribution in [3.8, 4) is 5.75 Å². The summed E-state index contributed by atoms with van der Waals surface area (Å²) < 4.78 is 28.6. The molecule has 0 unspecified atom stereocenters. The van der Waals surface area contributed by atoms with Gasteiger partial charge in [0.15, 0.2) is 9.84 Å². The van der Waals surface area contributed by atoms with Gasteiger partial charge < -0.3 is 10.5 Å². The van der Waals surface area contributed by atoms with Gasteiger partial charge in [0.2, 0.25) is 0 Å². The minimum atomic E-state index is -3.18. The Labute approximate surface area is 171 Å². The molecule has 3 rings (SSSR count). The number of rotatable bonds is 6. The van der Waals surface area contributed by atoms with Crippen molar-refractivity contribution in [1.82, 2.24) is 0 Å². The highest BCUT2D eigenvalue weighted by Gasteiger charge is 2.05. The van der Waals surface area contributed by atoms with Crippen molar-refractivity contribution < 1.29 is 13.2 Å². The number of hydrogen-bond donors (Lipinski definition) is 1. The van der Waals surface area contributed by atoms with Crippen LogP contribution in [0.3, 0.4) is 0 Å². The molecule has 0 aromatic heterocycles. The molecule has 0 aliphatic carbocycles. The van der Waals surface area contributed by atoms with Crippen LogP contribution >= 0.6 is 0 Å². The van der Waals surface area contributed by atoms with E-state index in [4.69, 9.17) is 10.5 Å². The summed E-state index contributed by atoms with van der Waals surface area (Å²) in [6.07, 6.45) is 9.11. The van der Waals surface area contributed by atoms with Crippen molar-refractivity contribution in [2.45, 2.75) is 4.90 Å². The van der Waals surface area contributed by atoms with Crippen LogP contribution in [0.2, 0.25) is 0 Å². The molecule has 0 spiro atoms. The van der Waals surface area contributed by atoms with Gasteiger partial charge in [0.1, 0.15) is 5.75 Å². The summed E-state index contributed by atoms with van der Waals surface area (Å²) in [6, 6.07) is 20.4. The first-order valence-electron chi connectivity index (χ1n) is 9.05. The van der Waals surface area contributed by atoms with Gasteiger partial charge in [-0.15, -0.1) is 0 Å². The Morgan fingerprint density at radius 3 is 1.86 bits per heavy atom. The molecule has 2 N–H and O–H groups in total. The summed E-state index contributed by atoms with van der Waals surface area (Å²) in [5, 5.41) is 0. The molecule has 0 fully saturated rings. The molecule has 3 aromatic carbocycles. The van der Waals surface area contributed by atoms with Gasteiger partial charge in [-0.25, -0.2) is 8.42 Å². The molecule has 0 heterocycles. The number of benzene rings is 3. The largest absolute Gasteiger partial charge is 0.496 e. The average molecular weight is 406 g/mol. The molecule has 5 heteroatoms. The van der Waals surface area contributed by atoms with E-state index in [-0.39, 0.29) is 0 Å². The van der Waals surface area contributed by atoms with Crippen LogP contribution in [0.5, 0.6) is 5.75 Å². The third-order valence-electron chi connectivity index (χ3n) is 4.43. The summed E-state index contributed by atoms with van der Waals surface area (Å²) in [5.74, 6) is 0.770. The zero-order chi connectivity index (χ0) is 20.9. The maximum absolute atomic E-state index is 11.5. The van der Waals surface area contributed by atoms with E-state index in [1.807, 2.05) is 66.8 Å². The van der Waals surface area contributed by atoms with Crippen LogP contribution in [0.4, 0.5) is 5.69 Å². The normalized spacial score (nSPS) is 11.9. The molecule has 0 bridgehead atoms. The average Bonchev–Trinajstić information content (AvgIpc) is 2.71. The minimum Gasteiger partial charge on any atom is -0.496 e. The second-order valence-electron chi connectivity index (χ2n) is 6.68. The smallest absolute Gasteiger partial charge is 0.175 e. The first-order valence-corrected chi connectivity index (χ1v) is 10.9. The molecule has 0 saturated carbocycles. The highest BCUT2D eigenvalue weighted by Crippen LogP contribution is 2.24. The molecular formula is C24H23NO3S. The summed E-state index contributed by atoms with van der Waals surface area (Å²) >= 11 is 0. The van der Waals surface area contributed by atoms with Crippen LogP contribution < -0.4 is 10.5 Å². The molecule has 0 aliphatic rings. The van der Waals surface area contributed by atoms with E-state index in [0.29, 0.717) is 4.90 Å². The summed E-state index contributed by atoms with van der Waals surface area (Å²) in [5.41, 5.74) is 10.4. The van der Waals surface area contributed by atoms with Crippen LogP contribution in [-0.2, 0) is 9.84 Å². The van der Waals surface area contributed by atoms with Crippen molar-refractivity contribution in [3.63, 3.8) is 0 Å². The fourth-order valence-corrected chi connectivity index (χ4v) is 3.41. The van der Waals surface area contributed by atoms with Gasteiger partial charge in [0.25, 0.3) is 0 Å². The Morgan fingerprint density at radius 1 is 0.759 bits per heavy atom. The van der Waals surface area contributed by atoms with Gasteiger partial charge in [-0.1, -0.05) is 60.7 Å². The van der Waals surface area contributed by atoms with E-state index in [9.17, 15) is 8.42 Å². The highest BCUT2D eigenvalue weighted by molar-refractivity contribution is 7.90. The fourth-order valence-electron chi connectivity index (χ4n) is 2.78. The van der Waals surface area contributed by atoms with Gasteiger partial charge in [0, 0.05) is 17.5 Å². The number of methoxy groups -OCH3 is 1. The minimum absolute atomic E-state index is 0.313. The van der Waals surface area contributed by atoms with Gasteiger partial charge >= 0.3 is 0 Å². The van der Waals surface area contributed by atoms with E-state index in [1.54, 1.807) is 31.4 Å². The maximum Gasteiger partial charge on any atom is 0.175 e. The molecule has 3 aromatic rings. The maximum atomic E-state index is 11.5. The topological polar surface area (TPSA) is 69.4 Å². The van der Waals surface area contributed by atoms with Crippen LogP contribution in [-0.4, -0.2) is 21.8 Å². The number of nitrogen functional groups attached to an aromatic ring is 1. The Hall–Kier alpha value is -3.31. The molecule has 0 saturated heterocycles. The van der Waals surface area contributed by atoms with Crippen molar-refractivity contribution in [1.29, 1.82) is 0 Å². The third-order valence-corrected chi connectivity index (χ3v) is 5.55. The lowest BCUT2D eigenvalue weighted by atomic mass is 10.1. The van der Waals surface area contributed by atoms with Gasteiger partial charge in [-0.3, -0.25) is 0 Å². The van der Waals surface area contributed by atoms with Gasteiger partial charge in [-0.2, -0.15) is 0 Å². The molecule has 0 aliphatic heterocycles. The zero-order valence-corrected chi connectivity index (χ0v) is 17.2. The predicted octanol–water partition coefficient (Wildman–Crippen LogP) is 5.02. The molecule has 0 atom stereocenters. The number of sulfone groups is 1. The summed E-state index contributed by atoms with van der Waals surface area (Å²) in [4.78, 5) is 0.313. The zero-order valence-electron chi connectivity index (χ0n) is 16.4.